The fourth-order valence-electron chi connectivity index (χ4n) is 1.75. The van der Waals surface area contributed by atoms with E-state index < -0.39 is 5.41 Å². The van der Waals surface area contributed by atoms with E-state index >= 15 is 0 Å². The Morgan fingerprint density at radius 3 is 1.86 bits per heavy atom. The van der Waals surface area contributed by atoms with E-state index in [1.807, 2.05) is 13.8 Å². The van der Waals surface area contributed by atoms with E-state index in [0.29, 0.717) is 5.76 Å². The van der Waals surface area contributed by atoms with Crippen molar-refractivity contribution in [1.29, 1.82) is 0 Å². The average Bonchev–Trinajstić information content (AvgIpc) is 2.01. The second-order valence-electron chi connectivity index (χ2n) is 5.69. The van der Waals surface area contributed by atoms with Gasteiger partial charge >= 0.3 is 5.97 Å². The average molecular weight is 196 g/mol. The van der Waals surface area contributed by atoms with Crippen LogP contribution in [0.2, 0.25) is 0 Å². The number of carbonyl (C=O) groups is 1. The van der Waals surface area contributed by atoms with Gasteiger partial charge in [0, 0.05) is 5.41 Å². The maximum atomic E-state index is 11.7. The Hall–Kier alpha value is -0.790. The molecule has 1 rings (SSSR count). The maximum Gasteiger partial charge on any atom is 0.317 e. The minimum atomic E-state index is -0.475. The second-order valence-corrected chi connectivity index (χ2v) is 5.69. The van der Waals surface area contributed by atoms with Gasteiger partial charge in [-0.1, -0.05) is 34.3 Å². The Kier molecular flexibility index (Phi) is 2.11. The number of cyclic esters (lactones) is 1. The van der Waals surface area contributed by atoms with Crippen LogP contribution in [0.5, 0.6) is 0 Å². The van der Waals surface area contributed by atoms with Crippen molar-refractivity contribution in [1.82, 2.24) is 0 Å². The fraction of sp³-hybridized carbons (Fsp3) is 0.750. The number of rotatable bonds is 0. The van der Waals surface area contributed by atoms with Gasteiger partial charge in [0.05, 0.1) is 5.41 Å². The maximum absolute atomic E-state index is 11.7. The number of esters is 1. The molecule has 2 nitrogen and oxygen atoms in total. The lowest BCUT2D eigenvalue weighted by Gasteiger charge is -2.54. The van der Waals surface area contributed by atoms with E-state index in [9.17, 15) is 4.79 Å². The molecule has 0 N–H and O–H groups in total. The molecule has 0 aromatic carbocycles. The Bertz CT molecular complexity index is 267. The highest BCUT2D eigenvalue weighted by Crippen LogP contribution is 2.58. The Morgan fingerprint density at radius 1 is 1.00 bits per heavy atom. The Balaban J connectivity index is 3.31. The van der Waals surface area contributed by atoms with Crippen LogP contribution >= 0.6 is 0 Å². The molecule has 1 aliphatic rings. The van der Waals surface area contributed by atoms with Gasteiger partial charge in [-0.25, -0.2) is 0 Å². The largest absolute Gasteiger partial charge is 0.431 e. The van der Waals surface area contributed by atoms with E-state index in [0.717, 1.165) is 0 Å². The van der Waals surface area contributed by atoms with Gasteiger partial charge in [-0.05, 0) is 19.3 Å². The van der Waals surface area contributed by atoms with Crippen molar-refractivity contribution in [2.75, 3.05) is 0 Å². The summed E-state index contributed by atoms with van der Waals surface area (Å²) in [4.78, 5) is 11.7. The van der Waals surface area contributed by atoms with Gasteiger partial charge in [-0.2, -0.15) is 0 Å². The summed E-state index contributed by atoms with van der Waals surface area (Å²) in [6.07, 6.45) is 0. The van der Waals surface area contributed by atoms with E-state index in [2.05, 4.69) is 34.3 Å². The summed E-state index contributed by atoms with van der Waals surface area (Å²) in [5.74, 6) is 0.402. The smallest absolute Gasteiger partial charge is 0.317 e. The number of ether oxygens (including phenoxy) is 1. The molecule has 0 aromatic rings. The third-order valence-electron chi connectivity index (χ3n) is 4.55. The predicted octanol–water partition coefficient (Wildman–Crippen LogP) is 3.14. The van der Waals surface area contributed by atoms with Crippen molar-refractivity contribution < 1.29 is 9.53 Å². The molecule has 0 aromatic heterocycles. The molecular weight excluding hydrogens is 176 g/mol. The molecule has 0 unspecified atom stereocenters. The van der Waals surface area contributed by atoms with Gasteiger partial charge in [0.2, 0.25) is 0 Å². The van der Waals surface area contributed by atoms with Crippen molar-refractivity contribution in [3.63, 3.8) is 0 Å². The van der Waals surface area contributed by atoms with Crippen molar-refractivity contribution in [3.05, 3.63) is 12.3 Å². The first-order valence-electron chi connectivity index (χ1n) is 4.97. The van der Waals surface area contributed by atoms with Gasteiger partial charge < -0.3 is 4.74 Å². The molecule has 1 heterocycles. The molecule has 0 amide bonds. The summed E-state index contributed by atoms with van der Waals surface area (Å²) in [6.45, 7) is 16.0. The van der Waals surface area contributed by atoms with Crippen molar-refractivity contribution in [3.8, 4) is 0 Å². The van der Waals surface area contributed by atoms with Crippen LogP contribution in [-0.2, 0) is 9.53 Å². The van der Waals surface area contributed by atoms with Crippen molar-refractivity contribution >= 4 is 5.97 Å². The molecule has 14 heavy (non-hydrogen) atoms. The number of hydrogen-bond acceptors (Lipinski definition) is 2. The minimum Gasteiger partial charge on any atom is -0.431 e. The SMILES string of the molecule is C=C1OC(=O)C(C)(C)C(C)(C)C1(C)C. The highest BCUT2D eigenvalue weighted by Gasteiger charge is 2.58. The molecule has 1 saturated heterocycles. The molecule has 2 heteroatoms. The normalized spacial score (nSPS) is 28.4. The summed E-state index contributed by atoms with van der Waals surface area (Å²) in [5.41, 5.74) is -0.825. The lowest BCUT2D eigenvalue weighted by atomic mass is 9.53. The van der Waals surface area contributed by atoms with E-state index in [1.54, 1.807) is 0 Å². The molecule has 0 aliphatic carbocycles. The van der Waals surface area contributed by atoms with Gasteiger partial charge in [0.15, 0.2) is 0 Å². The number of hydrogen-bond donors (Lipinski definition) is 0. The van der Waals surface area contributed by atoms with Crippen LogP contribution in [0.3, 0.4) is 0 Å². The first kappa shape index (κ1) is 11.3. The zero-order valence-corrected chi connectivity index (χ0v) is 10.0. The second kappa shape index (κ2) is 2.62. The molecular formula is C12H20O2. The molecule has 0 atom stereocenters. The molecule has 0 spiro atoms. The van der Waals surface area contributed by atoms with E-state index in [-0.39, 0.29) is 16.8 Å². The van der Waals surface area contributed by atoms with E-state index in [4.69, 9.17) is 4.74 Å². The van der Waals surface area contributed by atoms with Gasteiger partial charge in [0.1, 0.15) is 5.76 Å². The summed E-state index contributed by atoms with van der Waals surface area (Å²) in [5, 5.41) is 0. The number of allylic oxidation sites excluding steroid dienone is 1. The molecule has 80 valence electrons. The highest BCUT2D eigenvalue weighted by atomic mass is 16.5. The minimum absolute atomic E-state index is 0.160. The molecule has 0 bridgehead atoms. The monoisotopic (exact) mass is 196 g/mol. The van der Waals surface area contributed by atoms with Crippen LogP contribution in [0, 0.1) is 16.2 Å². The molecule has 1 aliphatic heterocycles. The summed E-state index contributed by atoms with van der Waals surface area (Å²) in [7, 11) is 0. The van der Waals surface area contributed by atoms with Gasteiger partial charge in [0.25, 0.3) is 0 Å². The Labute approximate surface area is 86.3 Å². The third kappa shape index (κ3) is 1.06. The zero-order valence-electron chi connectivity index (χ0n) is 10.0. The zero-order chi connectivity index (χ0) is 11.4. The van der Waals surface area contributed by atoms with Gasteiger partial charge in [-0.3, -0.25) is 4.79 Å². The summed E-state index contributed by atoms with van der Waals surface area (Å²) >= 11 is 0. The van der Waals surface area contributed by atoms with Crippen LogP contribution in [-0.4, -0.2) is 5.97 Å². The first-order valence-corrected chi connectivity index (χ1v) is 4.97. The molecule has 0 saturated carbocycles. The summed E-state index contributed by atoms with van der Waals surface area (Å²) in [6, 6.07) is 0. The quantitative estimate of drug-likeness (QED) is 0.556. The number of carbonyl (C=O) groups excluding carboxylic acids is 1. The topological polar surface area (TPSA) is 26.3 Å². The Morgan fingerprint density at radius 2 is 1.43 bits per heavy atom. The van der Waals surface area contributed by atoms with Crippen molar-refractivity contribution in [2.24, 2.45) is 16.2 Å². The van der Waals surface area contributed by atoms with Crippen LogP contribution in [0.4, 0.5) is 0 Å². The van der Waals surface area contributed by atoms with Crippen molar-refractivity contribution in [2.45, 2.75) is 41.5 Å². The first-order chi connectivity index (χ1) is 6.05. The van der Waals surface area contributed by atoms with Crippen LogP contribution in [0.1, 0.15) is 41.5 Å². The summed E-state index contributed by atoms with van der Waals surface area (Å²) < 4.78 is 5.22. The third-order valence-corrected chi connectivity index (χ3v) is 4.55. The van der Waals surface area contributed by atoms with E-state index in [1.165, 1.54) is 0 Å². The predicted molar refractivity (Wildman–Crippen MR) is 56.6 cm³/mol. The van der Waals surface area contributed by atoms with Gasteiger partial charge in [-0.15, -0.1) is 0 Å². The lowest BCUT2D eigenvalue weighted by Crippen LogP contribution is -2.54. The highest BCUT2D eigenvalue weighted by molar-refractivity contribution is 5.79. The molecule has 0 radical (unpaired) electrons. The van der Waals surface area contributed by atoms with Crippen LogP contribution < -0.4 is 0 Å². The van der Waals surface area contributed by atoms with Crippen LogP contribution in [0.15, 0.2) is 12.3 Å². The standard InChI is InChI=1S/C12H20O2/c1-8-10(2,3)12(6,7)11(4,5)9(13)14-8/h1H2,2-7H3. The van der Waals surface area contributed by atoms with Crippen LogP contribution in [0.25, 0.3) is 0 Å². The molecule has 1 fully saturated rings. The lowest BCUT2D eigenvalue weighted by molar-refractivity contribution is -0.179. The fourth-order valence-corrected chi connectivity index (χ4v) is 1.75.